The summed E-state index contributed by atoms with van der Waals surface area (Å²) in [5, 5.41) is 4.47. The van der Waals surface area contributed by atoms with Crippen LogP contribution in [-0.4, -0.2) is 11.5 Å². The van der Waals surface area contributed by atoms with Crippen molar-refractivity contribution in [3.8, 4) is 0 Å². The maximum Gasteiger partial charge on any atom is 0.0799 e. The molecule has 0 amide bonds. The van der Waals surface area contributed by atoms with Crippen LogP contribution in [0.3, 0.4) is 0 Å². The molecule has 0 aliphatic carbocycles. The predicted molar refractivity (Wildman–Crippen MR) is 70.1 cm³/mol. The minimum atomic E-state index is 0.0415. The van der Waals surface area contributed by atoms with Gasteiger partial charge in [-0.3, -0.25) is 4.98 Å². The van der Waals surface area contributed by atoms with Crippen molar-refractivity contribution in [1.29, 1.82) is 0 Å². The van der Waals surface area contributed by atoms with Gasteiger partial charge in [-0.05, 0) is 26.5 Å². The van der Waals surface area contributed by atoms with Crippen molar-refractivity contribution in [2.75, 3.05) is 6.54 Å². The number of hydrogen-bond acceptors (Lipinski definition) is 2. The highest BCUT2D eigenvalue weighted by molar-refractivity contribution is 6.34. The highest BCUT2D eigenvalue weighted by Gasteiger charge is 2.13. The monoisotopic (exact) mass is 258 g/mol. The van der Waals surface area contributed by atoms with Gasteiger partial charge in [0, 0.05) is 6.20 Å². The van der Waals surface area contributed by atoms with Crippen molar-refractivity contribution >= 4 is 23.2 Å². The van der Waals surface area contributed by atoms with Crippen molar-refractivity contribution in [2.45, 2.75) is 26.8 Å². The Morgan fingerprint density at radius 3 is 2.69 bits per heavy atom. The van der Waals surface area contributed by atoms with Crippen LogP contribution < -0.4 is 5.32 Å². The van der Waals surface area contributed by atoms with Gasteiger partial charge in [0.05, 0.1) is 21.8 Å². The molecule has 1 N–H and O–H groups in total. The Bertz CT molecular complexity index is 385. The van der Waals surface area contributed by atoms with Crippen LogP contribution in [0.25, 0.3) is 0 Å². The lowest BCUT2D eigenvalue weighted by Crippen LogP contribution is -2.20. The number of allylic oxidation sites excluding steroid dienone is 1. The third-order valence-electron chi connectivity index (χ3n) is 2.05. The summed E-state index contributed by atoms with van der Waals surface area (Å²) in [4.78, 5) is 4.28. The minimum Gasteiger partial charge on any atom is -0.306 e. The highest BCUT2D eigenvalue weighted by Crippen LogP contribution is 2.25. The molecule has 0 spiro atoms. The first-order chi connectivity index (χ1) is 7.54. The largest absolute Gasteiger partial charge is 0.306 e. The summed E-state index contributed by atoms with van der Waals surface area (Å²) >= 11 is 11.9. The number of nitrogens with zero attached hydrogens (tertiary/aromatic N) is 1. The predicted octanol–water partition coefficient (Wildman–Crippen LogP) is 4.01. The molecule has 0 fully saturated rings. The zero-order valence-corrected chi connectivity index (χ0v) is 11.2. The molecular weight excluding hydrogens is 243 g/mol. The van der Waals surface area contributed by atoms with E-state index in [0.29, 0.717) is 10.0 Å². The molecule has 0 bridgehead atoms. The zero-order chi connectivity index (χ0) is 12.1. The van der Waals surface area contributed by atoms with E-state index < -0.39 is 0 Å². The van der Waals surface area contributed by atoms with E-state index in [1.807, 2.05) is 13.8 Å². The molecule has 1 aromatic heterocycles. The second-order valence-corrected chi connectivity index (χ2v) is 4.64. The number of halogens is 2. The van der Waals surface area contributed by atoms with E-state index in [2.05, 4.69) is 23.3 Å². The van der Waals surface area contributed by atoms with Crippen molar-refractivity contribution in [3.63, 3.8) is 0 Å². The van der Waals surface area contributed by atoms with E-state index in [9.17, 15) is 0 Å². The number of pyridine rings is 1. The summed E-state index contributed by atoms with van der Waals surface area (Å²) in [5.74, 6) is 0. The van der Waals surface area contributed by atoms with E-state index in [0.717, 1.165) is 12.2 Å². The summed E-state index contributed by atoms with van der Waals surface area (Å²) in [6.45, 7) is 7.01. The minimum absolute atomic E-state index is 0.0415. The van der Waals surface area contributed by atoms with Gasteiger partial charge in [0.1, 0.15) is 0 Å². The van der Waals surface area contributed by atoms with Crippen LogP contribution in [0.15, 0.2) is 23.9 Å². The van der Waals surface area contributed by atoms with Crippen LogP contribution >= 0.6 is 23.2 Å². The Morgan fingerprint density at radius 2 is 2.19 bits per heavy atom. The first-order valence-corrected chi connectivity index (χ1v) is 5.99. The summed E-state index contributed by atoms with van der Waals surface area (Å²) < 4.78 is 0. The Morgan fingerprint density at radius 1 is 1.50 bits per heavy atom. The number of aromatic nitrogens is 1. The number of nitrogens with one attached hydrogen (secondary N) is 1. The van der Waals surface area contributed by atoms with Crippen molar-refractivity contribution in [3.05, 3.63) is 39.7 Å². The number of hydrogen-bond donors (Lipinski definition) is 1. The van der Waals surface area contributed by atoms with Gasteiger partial charge in [-0.15, -0.1) is 0 Å². The maximum absolute atomic E-state index is 6.13. The van der Waals surface area contributed by atoms with Gasteiger partial charge in [-0.2, -0.15) is 0 Å². The summed E-state index contributed by atoms with van der Waals surface area (Å²) in [6.07, 6.45) is 3.72. The van der Waals surface area contributed by atoms with E-state index in [1.54, 1.807) is 12.3 Å². The first-order valence-electron chi connectivity index (χ1n) is 5.24. The van der Waals surface area contributed by atoms with Crippen LogP contribution in [0.1, 0.15) is 32.5 Å². The molecule has 1 heterocycles. The van der Waals surface area contributed by atoms with E-state index in [-0.39, 0.29) is 6.04 Å². The number of rotatable bonds is 4. The SMILES string of the molecule is CCNC(C=C(C)C)c1ncc(Cl)cc1Cl. The molecule has 1 unspecified atom stereocenters. The Hall–Kier alpha value is -0.570. The molecule has 4 heteroatoms. The van der Waals surface area contributed by atoms with Crippen molar-refractivity contribution < 1.29 is 0 Å². The zero-order valence-electron chi connectivity index (χ0n) is 9.72. The van der Waals surface area contributed by atoms with E-state index >= 15 is 0 Å². The lowest BCUT2D eigenvalue weighted by atomic mass is 10.1. The van der Waals surface area contributed by atoms with Crippen LogP contribution in [0.4, 0.5) is 0 Å². The quantitative estimate of drug-likeness (QED) is 0.826. The van der Waals surface area contributed by atoms with Gasteiger partial charge in [-0.25, -0.2) is 0 Å². The van der Waals surface area contributed by atoms with Crippen LogP contribution in [0.5, 0.6) is 0 Å². The highest BCUT2D eigenvalue weighted by atomic mass is 35.5. The Kier molecular flexibility index (Phi) is 5.26. The molecule has 0 aliphatic rings. The van der Waals surface area contributed by atoms with Gasteiger partial charge < -0.3 is 5.32 Å². The number of likely N-dealkylation sites (N-methyl/N-ethyl adjacent to an activating group) is 1. The third-order valence-corrected chi connectivity index (χ3v) is 2.56. The van der Waals surface area contributed by atoms with E-state index in [4.69, 9.17) is 23.2 Å². The molecule has 0 saturated heterocycles. The molecule has 2 nitrogen and oxygen atoms in total. The standard InChI is InChI=1S/C12H16Cl2N2/c1-4-15-11(5-8(2)3)12-10(14)6-9(13)7-16-12/h5-7,11,15H,4H2,1-3H3. The van der Waals surface area contributed by atoms with Gasteiger partial charge in [0.2, 0.25) is 0 Å². The second kappa shape index (κ2) is 6.24. The molecule has 1 rings (SSSR count). The fraction of sp³-hybridized carbons (Fsp3) is 0.417. The van der Waals surface area contributed by atoms with Crippen molar-refractivity contribution in [1.82, 2.24) is 10.3 Å². The fourth-order valence-electron chi connectivity index (χ4n) is 1.44. The lowest BCUT2D eigenvalue weighted by molar-refractivity contribution is 0.629. The van der Waals surface area contributed by atoms with Gasteiger partial charge in [-0.1, -0.05) is 41.8 Å². The molecule has 16 heavy (non-hydrogen) atoms. The fourth-order valence-corrected chi connectivity index (χ4v) is 1.94. The van der Waals surface area contributed by atoms with Crippen LogP contribution in [-0.2, 0) is 0 Å². The molecule has 0 aromatic carbocycles. The molecule has 0 aliphatic heterocycles. The Labute approximate surface area is 107 Å². The van der Waals surface area contributed by atoms with Crippen molar-refractivity contribution in [2.24, 2.45) is 0 Å². The second-order valence-electron chi connectivity index (χ2n) is 3.80. The molecule has 1 atom stereocenters. The summed E-state index contributed by atoms with van der Waals surface area (Å²) in [5.41, 5.74) is 2.04. The lowest BCUT2D eigenvalue weighted by Gasteiger charge is -2.15. The molecule has 88 valence electrons. The normalized spacial score (nSPS) is 12.3. The Balaban J connectivity index is 3.05. The van der Waals surface area contributed by atoms with Gasteiger partial charge >= 0.3 is 0 Å². The average Bonchev–Trinajstić information content (AvgIpc) is 2.16. The summed E-state index contributed by atoms with van der Waals surface area (Å²) in [7, 11) is 0. The maximum atomic E-state index is 6.13. The molecular formula is C12H16Cl2N2. The smallest absolute Gasteiger partial charge is 0.0799 e. The van der Waals surface area contributed by atoms with Crippen LogP contribution in [0, 0.1) is 0 Å². The molecule has 0 radical (unpaired) electrons. The molecule has 0 saturated carbocycles. The molecule has 1 aromatic rings. The van der Waals surface area contributed by atoms with Gasteiger partial charge in [0.15, 0.2) is 0 Å². The topological polar surface area (TPSA) is 24.9 Å². The van der Waals surface area contributed by atoms with Crippen LogP contribution in [0.2, 0.25) is 10.0 Å². The van der Waals surface area contributed by atoms with E-state index in [1.165, 1.54) is 5.57 Å². The average molecular weight is 259 g/mol. The summed E-state index contributed by atoms with van der Waals surface area (Å²) in [6, 6.07) is 1.76. The van der Waals surface area contributed by atoms with Gasteiger partial charge in [0.25, 0.3) is 0 Å². The third kappa shape index (κ3) is 3.78. The first kappa shape index (κ1) is 13.5.